The van der Waals surface area contributed by atoms with Gasteiger partial charge in [0.2, 0.25) is 0 Å². The fourth-order valence-corrected chi connectivity index (χ4v) is 6.88. The molecule has 5 heteroatoms. The van der Waals surface area contributed by atoms with E-state index in [1.54, 1.807) is 4.90 Å². The molecule has 0 aromatic heterocycles. The van der Waals surface area contributed by atoms with Crippen molar-refractivity contribution in [3.05, 3.63) is 59.7 Å². The van der Waals surface area contributed by atoms with Gasteiger partial charge in [0.1, 0.15) is 6.61 Å². The molecule has 2 aromatic rings. The van der Waals surface area contributed by atoms with E-state index < -0.39 is 11.4 Å². The van der Waals surface area contributed by atoms with E-state index in [-0.39, 0.29) is 17.4 Å². The molecule has 2 aromatic carbocycles. The predicted octanol–water partition coefficient (Wildman–Crippen LogP) is 4.90. The highest BCUT2D eigenvalue weighted by molar-refractivity contribution is 5.79. The first-order valence-corrected chi connectivity index (χ1v) is 11.3. The Morgan fingerprint density at radius 1 is 0.968 bits per heavy atom. The van der Waals surface area contributed by atoms with Crippen LogP contribution in [0, 0.1) is 16.7 Å². The molecule has 3 saturated carbocycles. The third-order valence-corrected chi connectivity index (χ3v) is 8.51. The summed E-state index contributed by atoms with van der Waals surface area (Å²) in [5.74, 6) is -0.135. The van der Waals surface area contributed by atoms with Crippen LogP contribution in [-0.4, -0.2) is 41.8 Å². The first-order valence-electron chi connectivity index (χ1n) is 11.3. The molecule has 1 aliphatic heterocycles. The zero-order valence-corrected chi connectivity index (χ0v) is 17.5. The molecule has 0 atom stereocenters. The van der Waals surface area contributed by atoms with E-state index in [0.29, 0.717) is 25.6 Å². The predicted molar refractivity (Wildman–Crippen MR) is 116 cm³/mol. The van der Waals surface area contributed by atoms with Crippen LogP contribution < -0.4 is 0 Å². The van der Waals surface area contributed by atoms with Crippen LogP contribution in [0.25, 0.3) is 11.1 Å². The minimum Gasteiger partial charge on any atom is -0.481 e. The maximum Gasteiger partial charge on any atom is 0.409 e. The van der Waals surface area contributed by atoms with E-state index in [0.717, 1.165) is 32.1 Å². The minimum atomic E-state index is -0.629. The number of aliphatic carboxylic acids is 1. The number of hydrogen-bond donors (Lipinski definition) is 1. The molecule has 1 heterocycles. The van der Waals surface area contributed by atoms with Crippen LogP contribution in [0.5, 0.6) is 0 Å². The topological polar surface area (TPSA) is 66.8 Å². The third kappa shape index (κ3) is 2.68. The fourth-order valence-electron chi connectivity index (χ4n) is 6.88. The number of carboxylic acid groups (broad SMARTS) is 1. The van der Waals surface area contributed by atoms with Gasteiger partial charge in [-0.15, -0.1) is 0 Å². The van der Waals surface area contributed by atoms with Gasteiger partial charge in [-0.25, -0.2) is 4.79 Å². The van der Waals surface area contributed by atoms with Crippen LogP contribution in [0.15, 0.2) is 48.5 Å². The molecule has 7 rings (SSSR count). The van der Waals surface area contributed by atoms with Crippen LogP contribution in [0.1, 0.15) is 49.1 Å². The number of amides is 1. The van der Waals surface area contributed by atoms with Crippen molar-refractivity contribution in [3.8, 4) is 11.1 Å². The Bertz CT molecular complexity index is 1020. The fraction of sp³-hybridized carbons (Fsp3) is 0.462. The van der Waals surface area contributed by atoms with Gasteiger partial charge in [0.15, 0.2) is 0 Å². The highest BCUT2D eigenvalue weighted by Crippen LogP contribution is 2.68. The zero-order valence-electron chi connectivity index (χ0n) is 17.5. The van der Waals surface area contributed by atoms with E-state index in [4.69, 9.17) is 4.74 Å². The lowest BCUT2D eigenvalue weighted by molar-refractivity contribution is -0.194. The zero-order chi connectivity index (χ0) is 21.2. The number of fused-ring (bicyclic) bond motifs is 5. The molecule has 0 unspecified atom stereocenters. The highest BCUT2D eigenvalue weighted by atomic mass is 16.6. The second-order valence-electron chi connectivity index (χ2n) is 10.1. The summed E-state index contributed by atoms with van der Waals surface area (Å²) in [5, 5.41) is 9.59. The van der Waals surface area contributed by atoms with Crippen LogP contribution in [0.2, 0.25) is 0 Å². The monoisotopic (exact) mass is 417 g/mol. The first-order chi connectivity index (χ1) is 15.0. The van der Waals surface area contributed by atoms with Crippen molar-refractivity contribution in [3.63, 3.8) is 0 Å². The maximum absolute atomic E-state index is 12.7. The number of carbonyl (C=O) groups excluding carboxylic acids is 1. The number of ether oxygens (including phenoxy) is 1. The van der Waals surface area contributed by atoms with Gasteiger partial charge in [0.05, 0.1) is 5.41 Å². The molecule has 31 heavy (non-hydrogen) atoms. The molecule has 4 aliphatic carbocycles. The maximum atomic E-state index is 12.7. The number of nitrogens with zero attached hydrogens (tertiary/aromatic N) is 1. The van der Waals surface area contributed by atoms with Gasteiger partial charge in [-0.3, -0.25) is 4.79 Å². The summed E-state index contributed by atoms with van der Waals surface area (Å²) in [6, 6.07) is 16.7. The SMILES string of the molecule is O=C(OCC1c2ccccc2-c2ccccc21)N1CC(C23CCCC(C(=O)O)(C2)C3)C1. The second-order valence-corrected chi connectivity index (χ2v) is 10.1. The van der Waals surface area contributed by atoms with E-state index >= 15 is 0 Å². The lowest BCUT2D eigenvalue weighted by Gasteiger charge is -2.64. The number of benzene rings is 2. The highest BCUT2D eigenvalue weighted by Gasteiger charge is 2.65. The van der Waals surface area contributed by atoms with E-state index in [1.807, 2.05) is 24.3 Å². The summed E-state index contributed by atoms with van der Waals surface area (Å²) >= 11 is 0. The molecule has 4 fully saturated rings. The lowest BCUT2D eigenvalue weighted by Crippen LogP contribution is -2.65. The standard InChI is InChI=1S/C26H27NO4/c28-23(29)26-11-5-10-25(15-26,16-26)17-12-27(13-17)24(30)31-14-22-20-8-3-1-6-18(20)19-7-2-4-9-21(19)22/h1-4,6-9,17,22H,5,10-16H2,(H,28,29). The summed E-state index contributed by atoms with van der Waals surface area (Å²) in [6.07, 6.45) is 4.25. The van der Waals surface area contributed by atoms with Crippen molar-refractivity contribution < 1.29 is 19.4 Å². The molecule has 1 saturated heterocycles. The molecular formula is C26H27NO4. The van der Waals surface area contributed by atoms with Crippen LogP contribution in [0.4, 0.5) is 4.79 Å². The molecule has 1 amide bonds. The van der Waals surface area contributed by atoms with Gasteiger partial charge in [-0.1, -0.05) is 55.0 Å². The van der Waals surface area contributed by atoms with E-state index in [1.165, 1.54) is 22.3 Å². The largest absolute Gasteiger partial charge is 0.481 e. The Labute approximate surface area is 182 Å². The van der Waals surface area contributed by atoms with Crippen LogP contribution in [-0.2, 0) is 9.53 Å². The van der Waals surface area contributed by atoms with Crippen molar-refractivity contribution in [2.75, 3.05) is 19.7 Å². The molecule has 2 bridgehead atoms. The Morgan fingerprint density at radius 3 is 2.19 bits per heavy atom. The smallest absolute Gasteiger partial charge is 0.409 e. The molecular weight excluding hydrogens is 390 g/mol. The quantitative estimate of drug-likeness (QED) is 0.768. The van der Waals surface area contributed by atoms with E-state index in [9.17, 15) is 14.7 Å². The Hall–Kier alpha value is -2.82. The summed E-state index contributed by atoms with van der Waals surface area (Å²) < 4.78 is 5.78. The van der Waals surface area contributed by atoms with Crippen molar-refractivity contribution in [1.82, 2.24) is 4.90 Å². The molecule has 0 spiro atoms. The first kappa shape index (κ1) is 18.9. The van der Waals surface area contributed by atoms with Gasteiger partial charge in [0, 0.05) is 24.9 Å². The normalized spacial score (nSPS) is 28.8. The molecule has 5 nitrogen and oxygen atoms in total. The van der Waals surface area contributed by atoms with E-state index in [2.05, 4.69) is 24.3 Å². The number of rotatable bonds is 4. The Kier molecular flexibility index (Phi) is 4.02. The molecule has 1 N–H and O–H groups in total. The van der Waals surface area contributed by atoms with Crippen molar-refractivity contribution in [2.45, 2.75) is 38.0 Å². The van der Waals surface area contributed by atoms with Gasteiger partial charge < -0.3 is 14.7 Å². The summed E-state index contributed by atoms with van der Waals surface area (Å²) in [6.45, 7) is 1.75. The van der Waals surface area contributed by atoms with Gasteiger partial charge in [-0.05, 0) is 53.4 Å². The van der Waals surface area contributed by atoms with Crippen molar-refractivity contribution in [2.24, 2.45) is 16.7 Å². The Balaban J connectivity index is 1.09. The Morgan fingerprint density at radius 2 is 1.58 bits per heavy atom. The van der Waals surface area contributed by atoms with Gasteiger partial charge in [-0.2, -0.15) is 0 Å². The molecule has 5 aliphatic rings. The number of hydrogen-bond acceptors (Lipinski definition) is 3. The number of likely N-dealkylation sites (tertiary alicyclic amines) is 1. The van der Waals surface area contributed by atoms with Gasteiger partial charge >= 0.3 is 12.1 Å². The average Bonchev–Trinajstić information content (AvgIpc) is 3.04. The summed E-state index contributed by atoms with van der Waals surface area (Å²) in [7, 11) is 0. The van der Waals surface area contributed by atoms with Crippen LogP contribution >= 0.6 is 0 Å². The van der Waals surface area contributed by atoms with Crippen molar-refractivity contribution >= 4 is 12.1 Å². The summed E-state index contributed by atoms with van der Waals surface area (Å²) in [4.78, 5) is 26.2. The minimum absolute atomic E-state index is 0.0770. The van der Waals surface area contributed by atoms with Crippen molar-refractivity contribution in [1.29, 1.82) is 0 Å². The third-order valence-electron chi connectivity index (χ3n) is 8.51. The molecule has 0 radical (unpaired) electrons. The van der Waals surface area contributed by atoms with Crippen LogP contribution in [0.3, 0.4) is 0 Å². The second kappa shape index (κ2) is 6.59. The summed E-state index contributed by atoms with van der Waals surface area (Å²) in [5.41, 5.74) is 4.55. The number of carboxylic acids is 1. The lowest BCUT2D eigenvalue weighted by atomic mass is 9.41. The van der Waals surface area contributed by atoms with Gasteiger partial charge in [0.25, 0.3) is 0 Å². The number of carbonyl (C=O) groups is 2. The average molecular weight is 418 g/mol. The molecule has 160 valence electrons.